The van der Waals surface area contributed by atoms with Gasteiger partial charge in [0.2, 0.25) is 0 Å². The zero-order valence-corrected chi connectivity index (χ0v) is 22.8. The number of rotatable bonds is 10. The molecule has 5 rings (SSSR count). The number of carbonyl (C=O) groups is 1. The van der Waals surface area contributed by atoms with Crippen LogP contribution in [0.2, 0.25) is 0 Å². The van der Waals surface area contributed by atoms with Crippen molar-refractivity contribution in [2.45, 2.75) is 32.5 Å². The number of nitrogens with zero attached hydrogens (tertiary/aromatic N) is 3. The van der Waals surface area contributed by atoms with Gasteiger partial charge in [-0.25, -0.2) is 14.5 Å². The molecule has 0 saturated carbocycles. The van der Waals surface area contributed by atoms with Crippen LogP contribution in [0.5, 0.6) is 5.75 Å². The number of hydrogen-bond donors (Lipinski definition) is 0. The molecule has 3 aromatic carbocycles. The van der Waals surface area contributed by atoms with E-state index in [0.29, 0.717) is 28.3 Å². The van der Waals surface area contributed by atoms with Gasteiger partial charge in [0, 0.05) is 5.56 Å². The van der Waals surface area contributed by atoms with Gasteiger partial charge in [0.15, 0.2) is 11.5 Å². The minimum atomic E-state index is -4.87. The average Bonchev–Trinajstić information content (AvgIpc) is 3.47. The summed E-state index contributed by atoms with van der Waals surface area (Å²) in [7, 11) is 0. The lowest BCUT2D eigenvalue weighted by Crippen LogP contribution is -2.19. The van der Waals surface area contributed by atoms with E-state index < -0.39 is 23.4 Å². The lowest BCUT2D eigenvalue weighted by atomic mass is 10.0. The summed E-state index contributed by atoms with van der Waals surface area (Å²) in [6.07, 6.45) is -2.12. The highest BCUT2D eigenvalue weighted by Gasteiger charge is 2.41. The molecular weight excluding hydrogens is 543 g/mol. The van der Waals surface area contributed by atoms with Crippen LogP contribution >= 0.6 is 0 Å². The summed E-state index contributed by atoms with van der Waals surface area (Å²) >= 11 is 0. The lowest BCUT2D eigenvalue weighted by molar-refractivity contribution is -0.143. The quantitative estimate of drug-likeness (QED) is 0.163. The molecule has 5 aromatic rings. The van der Waals surface area contributed by atoms with E-state index in [1.165, 1.54) is 24.1 Å². The number of pyridine rings is 1. The summed E-state index contributed by atoms with van der Waals surface area (Å²) < 4.78 is 53.6. The molecule has 0 unspecified atom stereocenters. The van der Waals surface area contributed by atoms with Gasteiger partial charge in [0.25, 0.3) is 0 Å². The molecule has 0 amide bonds. The standard InChI is InChI=1S/C33H28F3N3O3/c1-2-41-32(40)27-21-37-39(31(27)33(34,35)36)30-14-8-12-28(38-30)26-11-6-7-13-29(26)42-22-25-19-17-24(18-20-25)16-15-23-9-4-3-5-10-23/h3-14,17-21H,2,15-16,22H2,1H3. The molecule has 2 heterocycles. The smallest absolute Gasteiger partial charge is 0.434 e. The van der Waals surface area contributed by atoms with Crippen molar-refractivity contribution in [3.05, 3.63) is 131 Å². The van der Waals surface area contributed by atoms with Crippen molar-refractivity contribution in [2.24, 2.45) is 0 Å². The molecule has 0 bridgehead atoms. The van der Waals surface area contributed by atoms with Gasteiger partial charge in [-0.1, -0.05) is 72.8 Å². The molecule has 2 aromatic heterocycles. The molecule has 0 saturated heterocycles. The van der Waals surface area contributed by atoms with Crippen LogP contribution in [0, 0.1) is 0 Å². The van der Waals surface area contributed by atoms with Crippen molar-refractivity contribution in [3.8, 4) is 22.8 Å². The predicted molar refractivity (Wildman–Crippen MR) is 152 cm³/mol. The number of halogens is 3. The third-order valence-electron chi connectivity index (χ3n) is 6.61. The molecule has 0 radical (unpaired) electrons. The van der Waals surface area contributed by atoms with Crippen molar-refractivity contribution in [1.29, 1.82) is 0 Å². The molecule has 0 aliphatic rings. The molecule has 6 nitrogen and oxygen atoms in total. The van der Waals surface area contributed by atoms with Gasteiger partial charge in [-0.3, -0.25) is 0 Å². The maximum Gasteiger partial charge on any atom is 0.434 e. The van der Waals surface area contributed by atoms with E-state index in [9.17, 15) is 18.0 Å². The van der Waals surface area contributed by atoms with Crippen LogP contribution in [-0.4, -0.2) is 27.3 Å². The fourth-order valence-electron chi connectivity index (χ4n) is 4.55. The van der Waals surface area contributed by atoms with E-state index in [4.69, 9.17) is 9.47 Å². The van der Waals surface area contributed by atoms with Crippen molar-refractivity contribution >= 4 is 5.97 Å². The number of hydrogen-bond acceptors (Lipinski definition) is 5. The number of ether oxygens (including phenoxy) is 2. The SMILES string of the molecule is CCOC(=O)c1cnn(-c2cccc(-c3ccccc3OCc3ccc(CCc4ccccc4)cc3)n2)c1C(F)(F)F. The summed E-state index contributed by atoms with van der Waals surface area (Å²) in [5, 5.41) is 3.83. The lowest BCUT2D eigenvalue weighted by Gasteiger charge is -2.14. The maximum atomic E-state index is 14.0. The van der Waals surface area contributed by atoms with E-state index in [1.807, 2.05) is 36.4 Å². The summed E-state index contributed by atoms with van der Waals surface area (Å²) in [6.45, 7) is 1.75. The van der Waals surface area contributed by atoms with Gasteiger partial charge in [-0.15, -0.1) is 0 Å². The normalized spacial score (nSPS) is 11.3. The fourth-order valence-corrected chi connectivity index (χ4v) is 4.55. The Morgan fingerprint density at radius 2 is 1.48 bits per heavy atom. The second kappa shape index (κ2) is 12.7. The summed E-state index contributed by atoms with van der Waals surface area (Å²) in [6, 6.07) is 30.4. The van der Waals surface area contributed by atoms with Crippen LogP contribution in [0.4, 0.5) is 13.2 Å². The number of alkyl halides is 3. The van der Waals surface area contributed by atoms with E-state index in [1.54, 1.807) is 30.3 Å². The first-order valence-electron chi connectivity index (χ1n) is 13.5. The Labute approximate surface area is 241 Å². The van der Waals surface area contributed by atoms with Crippen LogP contribution in [-0.2, 0) is 30.4 Å². The largest absolute Gasteiger partial charge is 0.488 e. The molecule has 0 fully saturated rings. The van der Waals surface area contributed by atoms with Gasteiger partial charge in [0.1, 0.15) is 17.9 Å². The second-order valence-electron chi connectivity index (χ2n) is 9.50. The van der Waals surface area contributed by atoms with E-state index in [-0.39, 0.29) is 12.4 Å². The van der Waals surface area contributed by atoms with Crippen LogP contribution in [0.3, 0.4) is 0 Å². The van der Waals surface area contributed by atoms with Gasteiger partial charge in [-0.2, -0.15) is 18.3 Å². The Morgan fingerprint density at radius 3 is 2.19 bits per heavy atom. The minimum absolute atomic E-state index is 0.0652. The zero-order valence-electron chi connectivity index (χ0n) is 22.8. The highest BCUT2D eigenvalue weighted by Crippen LogP contribution is 2.35. The molecule has 0 aliphatic carbocycles. The van der Waals surface area contributed by atoms with Crippen LogP contribution in [0.1, 0.15) is 39.7 Å². The maximum absolute atomic E-state index is 14.0. The molecule has 0 aliphatic heterocycles. The molecule has 0 spiro atoms. The van der Waals surface area contributed by atoms with Crippen LogP contribution in [0.25, 0.3) is 17.1 Å². The van der Waals surface area contributed by atoms with Crippen molar-refractivity contribution < 1.29 is 27.4 Å². The van der Waals surface area contributed by atoms with E-state index in [2.05, 4.69) is 34.3 Å². The molecule has 9 heteroatoms. The van der Waals surface area contributed by atoms with Crippen molar-refractivity contribution in [3.63, 3.8) is 0 Å². The minimum Gasteiger partial charge on any atom is -0.488 e. The van der Waals surface area contributed by atoms with E-state index >= 15 is 0 Å². The van der Waals surface area contributed by atoms with Crippen molar-refractivity contribution in [1.82, 2.24) is 14.8 Å². The first-order chi connectivity index (χ1) is 20.3. The molecular formula is C33H28F3N3O3. The number of benzene rings is 3. The number of esters is 1. The number of carbonyl (C=O) groups excluding carboxylic acids is 1. The van der Waals surface area contributed by atoms with Crippen LogP contribution in [0.15, 0.2) is 103 Å². The Bertz CT molecular complexity index is 1650. The summed E-state index contributed by atoms with van der Waals surface area (Å²) in [5.74, 6) is -0.675. The van der Waals surface area contributed by atoms with Gasteiger partial charge in [0.05, 0.1) is 18.5 Å². The first-order valence-corrected chi connectivity index (χ1v) is 13.5. The Balaban J connectivity index is 1.34. The van der Waals surface area contributed by atoms with Gasteiger partial charge >= 0.3 is 12.1 Å². The number of para-hydroxylation sites is 1. The average molecular weight is 572 g/mol. The third kappa shape index (κ3) is 6.68. The predicted octanol–water partition coefficient (Wildman–Crippen LogP) is 7.49. The van der Waals surface area contributed by atoms with Gasteiger partial charge in [-0.05, 0) is 60.7 Å². The summed E-state index contributed by atoms with van der Waals surface area (Å²) in [4.78, 5) is 16.6. The highest BCUT2D eigenvalue weighted by molar-refractivity contribution is 5.90. The Morgan fingerprint density at radius 1 is 0.810 bits per heavy atom. The molecule has 0 N–H and O–H groups in total. The zero-order chi connectivity index (χ0) is 29.5. The molecule has 214 valence electrons. The molecule has 42 heavy (non-hydrogen) atoms. The molecule has 0 atom stereocenters. The first kappa shape index (κ1) is 28.6. The second-order valence-corrected chi connectivity index (χ2v) is 9.50. The Hall–Kier alpha value is -4.92. The highest BCUT2D eigenvalue weighted by atomic mass is 19.4. The van der Waals surface area contributed by atoms with Crippen molar-refractivity contribution in [2.75, 3.05) is 6.61 Å². The van der Waals surface area contributed by atoms with E-state index in [0.717, 1.165) is 24.6 Å². The monoisotopic (exact) mass is 571 g/mol. The topological polar surface area (TPSA) is 66.2 Å². The number of aromatic nitrogens is 3. The fraction of sp³-hybridized carbons (Fsp3) is 0.182. The van der Waals surface area contributed by atoms with Gasteiger partial charge < -0.3 is 9.47 Å². The Kier molecular flexibility index (Phi) is 8.66. The number of aryl methyl sites for hydroxylation is 2. The third-order valence-corrected chi connectivity index (χ3v) is 6.61. The summed E-state index contributed by atoms with van der Waals surface area (Å²) in [5.41, 5.74) is 2.57. The van der Waals surface area contributed by atoms with Crippen LogP contribution < -0.4 is 4.74 Å².